The fourth-order valence-corrected chi connectivity index (χ4v) is 1.06. The van der Waals surface area contributed by atoms with Crippen molar-refractivity contribution in [3.8, 4) is 0 Å². The first-order chi connectivity index (χ1) is 6.27. The molecule has 0 rings (SSSR count). The molecule has 78 valence electrons. The van der Waals surface area contributed by atoms with Crippen molar-refractivity contribution in [2.75, 3.05) is 0 Å². The van der Waals surface area contributed by atoms with Gasteiger partial charge in [0.25, 0.3) is 0 Å². The third-order valence-corrected chi connectivity index (χ3v) is 1.74. The van der Waals surface area contributed by atoms with Crippen molar-refractivity contribution >= 4 is 5.97 Å². The molecule has 4 heteroatoms. The highest BCUT2D eigenvalue weighted by molar-refractivity contribution is 5.66. The van der Waals surface area contributed by atoms with Gasteiger partial charge in [0, 0.05) is 16.4 Å². The van der Waals surface area contributed by atoms with Crippen LogP contribution in [0.1, 0.15) is 51.9 Å². The molecule has 0 aliphatic rings. The number of carboxylic acid groups (broad SMARTS) is 1. The molecule has 0 aromatic rings. The maximum atomic E-state index is 10.1. The summed E-state index contributed by atoms with van der Waals surface area (Å²) >= 11 is 0. The average Bonchev–Trinajstić information content (AvgIpc) is 2.14. The van der Waals surface area contributed by atoms with E-state index in [0.29, 0.717) is 6.42 Å². The van der Waals surface area contributed by atoms with E-state index in [1.807, 2.05) is 0 Å². The van der Waals surface area contributed by atoms with Gasteiger partial charge in [0.15, 0.2) is 0 Å². The summed E-state index contributed by atoms with van der Waals surface area (Å²) in [7, 11) is 0. The number of unbranched alkanes of at least 4 members (excludes halogenated alkanes) is 5. The van der Waals surface area contributed by atoms with Gasteiger partial charge in [0.2, 0.25) is 0 Å². The van der Waals surface area contributed by atoms with Gasteiger partial charge in [0.05, 0.1) is 0 Å². The van der Waals surface area contributed by atoms with Crippen molar-refractivity contribution in [3.63, 3.8) is 0 Å². The zero-order valence-electron chi connectivity index (χ0n) is 8.12. The van der Waals surface area contributed by atoms with E-state index >= 15 is 0 Å². The van der Waals surface area contributed by atoms with Gasteiger partial charge in [0.1, 0.15) is 0 Å². The van der Waals surface area contributed by atoms with E-state index in [2.05, 4.69) is 6.92 Å². The molecule has 0 saturated carbocycles. The van der Waals surface area contributed by atoms with Crippen LogP contribution in [0.15, 0.2) is 0 Å². The zero-order chi connectivity index (χ0) is 10.5. The molecule has 0 aliphatic heterocycles. The van der Waals surface area contributed by atoms with Crippen molar-refractivity contribution in [2.45, 2.75) is 51.9 Å². The molecule has 0 saturated heterocycles. The molecule has 0 aromatic carbocycles. The molecule has 0 spiro atoms. The molecule has 0 radical (unpaired) electrons. The highest BCUT2D eigenvalue weighted by atomic mass is 16.7. The summed E-state index contributed by atoms with van der Waals surface area (Å²) in [6, 6.07) is 0. The Balaban J connectivity index is 0. The summed E-state index contributed by atoms with van der Waals surface area (Å²) in [5, 5.41) is 8.32. The van der Waals surface area contributed by atoms with Crippen molar-refractivity contribution in [1.82, 2.24) is 0 Å². The van der Waals surface area contributed by atoms with Crippen molar-refractivity contribution in [1.29, 1.82) is 0 Å². The van der Waals surface area contributed by atoms with Crippen LogP contribution in [-0.2, 0) is 4.79 Å². The van der Waals surface area contributed by atoms with Crippen molar-refractivity contribution < 1.29 is 9.90 Å². The van der Waals surface area contributed by atoms with Gasteiger partial charge >= 0.3 is 5.97 Å². The van der Waals surface area contributed by atoms with Crippen LogP contribution in [0.2, 0.25) is 0 Å². The molecule has 4 nitrogen and oxygen atoms in total. The van der Waals surface area contributed by atoms with Gasteiger partial charge in [-0.3, -0.25) is 4.79 Å². The Hall–Kier alpha value is -0.930. The zero-order valence-corrected chi connectivity index (χ0v) is 8.12. The number of carboxylic acids is 1. The average molecular weight is 190 g/mol. The lowest BCUT2D eigenvalue weighted by atomic mass is 10.1. The standard InChI is InChI=1S/C9H18O2.O2/c1-2-3-4-5-6-7-8-9(10)11;1-2/h2-8H2,1H3,(H,10,11);. The Bertz CT molecular complexity index is 114. The number of hydrogen-bond donors (Lipinski definition) is 1. The summed E-state index contributed by atoms with van der Waals surface area (Å²) in [6.07, 6.45) is 7.25. The fraction of sp³-hybridized carbons (Fsp3) is 0.889. The largest absolute Gasteiger partial charge is 0.481 e. The van der Waals surface area contributed by atoms with Gasteiger partial charge in [-0.2, -0.15) is 0 Å². The topological polar surface area (TPSA) is 71.4 Å². The Morgan fingerprint density at radius 3 is 1.92 bits per heavy atom. The summed E-state index contributed by atoms with van der Waals surface area (Å²) in [5.74, 6) is -0.666. The SMILES string of the molecule is CCCCCCCCC(=O)O.O=O. The smallest absolute Gasteiger partial charge is 0.303 e. The third kappa shape index (κ3) is 18.2. The molecule has 0 heterocycles. The van der Waals surface area contributed by atoms with Crippen LogP contribution in [0, 0.1) is 9.93 Å². The molecule has 0 bridgehead atoms. The van der Waals surface area contributed by atoms with Crippen LogP contribution in [-0.4, -0.2) is 11.1 Å². The monoisotopic (exact) mass is 190 g/mol. The Labute approximate surface area is 78.6 Å². The second-order valence-corrected chi connectivity index (χ2v) is 2.91. The molecule has 0 unspecified atom stereocenters. The van der Waals surface area contributed by atoms with E-state index in [0.717, 1.165) is 12.8 Å². The van der Waals surface area contributed by atoms with Crippen LogP contribution in [0.4, 0.5) is 0 Å². The lowest BCUT2D eigenvalue weighted by Gasteiger charge is -1.97. The molecule has 0 fully saturated rings. The van der Waals surface area contributed by atoms with E-state index in [4.69, 9.17) is 15.0 Å². The minimum atomic E-state index is -0.666. The summed E-state index contributed by atoms with van der Waals surface area (Å²) < 4.78 is 0. The van der Waals surface area contributed by atoms with E-state index in [1.54, 1.807) is 0 Å². The summed E-state index contributed by atoms with van der Waals surface area (Å²) in [6.45, 7) is 2.18. The lowest BCUT2D eigenvalue weighted by Crippen LogP contribution is -1.93. The Morgan fingerprint density at radius 2 is 1.46 bits per heavy atom. The lowest BCUT2D eigenvalue weighted by molar-refractivity contribution is -0.137. The van der Waals surface area contributed by atoms with Crippen molar-refractivity contribution in [3.05, 3.63) is 9.93 Å². The van der Waals surface area contributed by atoms with Gasteiger partial charge in [-0.25, -0.2) is 0 Å². The molecule has 13 heavy (non-hydrogen) atoms. The molecule has 0 amide bonds. The quantitative estimate of drug-likeness (QED) is 0.626. The Morgan fingerprint density at radius 1 is 1.00 bits per heavy atom. The normalized spacial score (nSPS) is 8.69. The van der Waals surface area contributed by atoms with Crippen molar-refractivity contribution in [2.24, 2.45) is 0 Å². The molecular formula is C9H18O4. The van der Waals surface area contributed by atoms with E-state index in [1.165, 1.54) is 25.7 Å². The van der Waals surface area contributed by atoms with Crippen LogP contribution in [0.5, 0.6) is 0 Å². The van der Waals surface area contributed by atoms with Crippen LogP contribution < -0.4 is 0 Å². The molecule has 1 N–H and O–H groups in total. The molecular weight excluding hydrogens is 172 g/mol. The first kappa shape index (κ1) is 14.6. The number of rotatable bonds is 7. The molecule has 0 aromatic heterocycles. The third-order valence-electron chi connectivity index (χ3n) is 1.74. The Kier molecular flexibility index (Phi) is 15.3. The molecule has 0 atom stereocenters. The van der Waals surface area contributed by atoms with Gasteiger partial charge in [-0.1, -0.05) is 39.0 Å². The minimum Gasteiger partial charge on any atom is -0.481 e. The summed E-state index contributed by atoms with van der Waals surface area (Å²) in [4.78, 5) is 24.1. The van der Waals surface area contributed by atoms with E-state index < -0.39 is 5.97 Å². The van der Waals surface area contributed by atoms with Crippen LogP contribution >= 0.6 is 0 Å². The first-order valence-electron chi connectivity index (χ1n) is 4.66. The highest BCUT2D eigenvalue weighted by Gasteiger charge is 1.95. The second-order valence-electron chi connectivity index (χ2n) is 2.91. The number of carbonyl (C=O) groups is 1. The fourth-order valence-electron chi connectivity index (χ4n) is 1.06. The highest BCUT2D eigenvalue weighted by Crippen LogP contribution is 2.06. The first-order valence-corrected chi connectivity index (χ1v) is 4.66. The van der Waals surface area contributed by atoms with Gasteiger partial charge < -0.3 is 5.11 Å². The van der Waals surface area contributed by atoms with E-state index in [9.17, 15) is 4.79 Å². The number of aliphatic carboxylic acids is 1. The van der Waals surface area contributed by atoms with Crippen LogP contribution in [0.25, 0.3) is 0 Å². The predicted molar refractivity (Wildman–Crippen MR) is 52.4 cm³/mol. The maximum absolute atomic E-state index is 10.1. The maximum Gasteiger partial charge on any atom is 0.303 e. The van der Waals surface area contributed by atoms with E-state index in [-0.39, 0.29) is 0 Å². The number of hydrogen-bond acceptors (Lipinski definition) is 3. The summed E-state index contributed by atoms with van der Waals surface area (Å²) in [5.41, 5.74) is 0. The van der Waals surface area contributed by atoms with Gasteiger partial charge in [-0.15, -0.1) is 0 Å². The van der Waals surface area contributed by atoms with Gasteiger partial charge in [-0.05, 0) is 6.42 Å². The molecule has 0 aliphatic carbocycles. The predicted octanol–water partition coefficient (Wildman–Crippen LogP) is 2.89. The van der Waals surface area contributed by atoms with Crippen LogP contribution in [0.3, 0.4) is 0 Å². The second kappa shape index (κ2) is 13.6. The minimum absolute atomic E-state index is 0.339.